The minimum Gasteiger partial charge on any atom is -0.479 e. The van der Waals surface area contributed by atoms with E-state index >= 15 is 0 Å². The number of carboxylic acids is 1. The number of morpholine rings is 1. The van der Waals surface area contributed by atoms with Gasteiger partial charge in [0.1, 0.15) is 0 Å². The van der Waals surface area contributed by atoms with Crippen molar-refractivity contribution in [1.29, 1.82) is 0 Å². The van der Waals surface area contributed by atoms with Gasteiger partial charge in [-0.05, 0) is 18.8 Å². The van der Waals surface area contributed by atoms with Crippen LogP contribution in [-0.4, -0.2) is 55.4 Å². The van der Waals surface area contributed by atoms with Gasteiger partial charge >= 0.3 is 5.97 Å². The van der Waals surface area contributed by atoms with Gasteiger partial charge in [0, 0.05) is 6.54 Å². The summed E-state index contributed by atoms with van der Waals surface area (Å²) in [6.45, 7) is 0.351. The highest BCUT2D eigenvalue weighted by molar-refractivity contribution is 7.89. The van der Waals surface area contributed by atoms with Crippen molar-refractivity contribution in [2.45, 2.75) is 18.9 Å². The Morgan fingerprint density at radius 1 is 1.44 bits per heavy atom. The summed E-state index contributed by atoms with van der Waals surface area (Å²) in [5, 5.41) is 8.77. The number of hydrogen-bond acceptors (Lipinski definition) is 4. The van der Waals surface area contributed by atoms with E-state index in [0.717, 1.165) is 12.8 Å². The molecule has 7 heteroatoms. The Hall–Kier alpha value is -0.660. The number of sulfonamides is 1. The van der Waals surface area contributed by atoms with Gasteiger partial charge in [-0.25, -0.2) is 13.2 Å². The lowest BCUT2D eigenvalue weighted by atomic mass is 10.3. The van der Waals surface area contributed by atoms with Crippen molar-refractivity contribution in [2.75, 3.05) is 25.4 Å². The number of ether oxygens (including phenoxy) is 1. The summed E-state index contributed by atoms with van der Waals surface area (Å²) in [6.07, 6.45) is 0.903. The topological polar surface area (TPSA) is 83.9 Å². The highest BCUT2D eigenvalue weighted by atomic mass is 32.2. The minimum atomic E-state index is -3.30. The van der Waals surface area contributed by atoms with E-state index in [4.69, 9.17) is 9.84 Å². The second-order valence-corrected chi connectivity index (χ2v) is 6.29. The lowest BCUT2D eigenvalue weighted by Gasteiger charge is -2.30. The molecule has 0 aromatic rings. The molecule has 1 heterocycles. The number of nitrogens with zero attached hydrogens (tertiary/aromatic N) is 1. The van der Waals surface area contributed by atoms with Crippen molar-refractivity contribution >= 4 is 16.0 Å². The van der Waals surface area contributed by atoms with Crippen LogP contribution >= 0.6 is 0 Å². The zero-order valence-corrected chi connectivity index (χ0v) is 9.65. The van der Waals surface area contributed by atoms with Crippen molar-refractivity contribution in [1.82, 2.24) is 4.31 Å². The molecule has 2 rings (SSSR count). The molecule has 2 aliphatic rings. The molecule has 1 atom stereocenters. The second-order valence-electron chi connectivity index (χ2n) is 4.28. The van der Waals surface area contributed by atoms with Gasteiger partial charge in [-0.1, -0.05) is 0 Å². The molecule has 0 radical (unpaired) electrons. The third-order valence-electron chi connectivity index (χ3n) is 2.84. The molecule has 1 saturated carbocycles. The average molecular weight is 249 g/mol. The van der Waals surface area contributed by atoms with E-state index in [-0.39, 0.29) is 31.4 Å². The first-order valence-corrected chi connectivity index (χ1v) is 6.92. The lowest BCUT2D eigenvalue weighted by Crippen LogP contribution is -2.49. The predicted molar refractivity (Wildman–Crippen MR) is 55.5 cm³/mol. The van der Waals surface area contributed by atoms with E-state index in [9.17, 15) is 13.2 Å². The van der Waals surface area contributed by atoms with E-state index in [1.165, 1.54) is 4.31 Å². The summed E-state index contributed by atoms with van der Waals surface area (Å²) >= 11 is 0. The van der Waals surface area contributed by atoms with Crippen LogP contribution in [0.3, 0.4) is 0 Å². The molecule has 1 unspecified atom stereocenters. The van der Waals surface area contributed by atoms with Crippen molar-refractivity contribution in [3.63, 3.8) is 0 Å². The molecule has 92 valence electrons. The van der Waals surface area contributed by atoms with E-state index in [1.54, 1.807) is 0 Å². The molecule has 2 fully saturated rings. The van der Waals surface area contributed by atoms with Gasteiger partial charge in [0.25, 0.3) is 0 Å². The first kappa shape index (κ1) is 11.8. The smallest absolute Gasteiger partial charge is 0.334 e. The molecule has 0 bridgehead atoms. The van der Waals surface area contributed by atoms with Crippen LogP contribution in [0.15, 0.2) is 0 Å². The fourth-order valence-corrected chi connectivity index (χ4v) is 3.57. The Kier molecular flexibility index (Phi) is 3.18. The molecule has 1 N–H and O–H groups in total. The molecule has 0 aromatic carbocycles. The van der Waals surface area contributed by atoms with E-state index in [0.29, 0.717) is 0 Å². The highest BCUT2D eigenvalue weighted by Gasteiger charge is 2.36. The zero-order valence-electron chi connectivity index (χ0n) is 8.83. The average Bonchev–Trinajstić information content (AvgIpc) is 3.01. The van der Waals surface area contributed by atoms with Crippen LogP contribution in [0, 0.1) is 5.92 Å². The summed E-state index contributed by atoms with van der Waals surface area (Å²) in [7, 11) is -3.30. The lowest BCUT2D eigenvalue weighted by molar-refractivity contribution is -0.153. The van der Waals surface area contributed by atoms with Crippen LogP contribution < -0.4 is 0 Å². The first-order valence-electron chi connectivity index (χ1n) is 5.31. The summed E-state index contributed by atoms with van der Waals surface area (Å²) in [6, 6.07) is 0. The van der Waals surface area contributed by atoms with E-state index in [2.05, 4.69) is 0 Å². The van der Waals surface area contributed by atoms with E-state index in [1.807, 2.05) is 0 Å². The summed E-state index contributed by atoms with van der Waals surface area (Å²) in [4.78, 5) is 10.7. The maximum absolute atomic E-state index is 11.9. The molecule has 0 amide bonds. The van der Waals surface area contributed by atoms with Crippen LogP contribution in [0.4, 0.5) is 0 Å². The molecule has 0 spiro atoms. The number of rotatable bonds is 4. The Balaban J connectivity index is 1.99. The zero-order chi connectivity index (χ0) is 11.8. The third-order valence-corrected chi connectivity index (χ3v) is 4.85. The summed E-state index contributed by atoms with van der Waals surface area (Å²) in [5.74, 6) is -0.679. The number of aliphatic carboxylic acids is 1. The molecule has 1 aliphatic heterocycles. The van der Waals surface area contributed by atoms with Crippen LogP contribution in [0.1, 0.15) is 12.8 Å². The van der Waals surface area contributed by atoms with Gasteiger partial charge in [-0.3, -0.25) is 0 Å². The Labute approximate surface area is 94.2 Å². The second kappa shape index (κ2) is 4.31. The minimum absolute atomic E-state index is 0.0651. The van der Waals surface area contributed by atoms with Gasteiger partial charge < -0.3 is 9.84 Å². The fraction of sp³-hybridized carbons (Fsp3) is 0.889. The van der Waals surface area contributed by atoms with Crippen LogP contribution in [-0.2, 0) is 19.6 Å². The van der Waals surface area contributed by atoms with Crippen molar-refractivity contribution in [3.8, 4) is 0 Å². The molecular weight excluding hydrogens is 234 g/mol. The first-order chi connectivity index (χ1) is 7.49. The number of carbonyl (C=O) groups is 1. The van der Waals surface area contributed by atoms with Crippen molar-refractivity contribution in [3.05, 3.63) is 0 Å². The maximum Gasteiger partial charge on any atom is 0.334 e. The molecule has 1 aliphatic carbocycles. The Morgan fingerprint density at radius 3 is 2.69 bits per heavy atom. The van der Waals surface area contributed by atoms with Gasteiger partial charge in [-0.15, -0.1) is 0 Å². The van der Waals surface area contributed by atoms with Gasteiger partial charge in [0.15, 0.2) is 6.10 Å². The normalized spacial score (nSPS) is 27.9. The number of hydrogen-bond donors (Lipinski definition) is 1. The van der Waals surface area contributed by atoms with Gasteiger partial charge in [0.05, 0.1) is 18.9 Å². The molecule has 0 aromatic heterocycles. The monoisotopic (exact) mass is 249 g/mol. The predicted octanol–water partition coefficient (Wildman–Crippen LogP) is -0.488. The molecule has 1 saturated heterocycles. The third kappa shape index (κ3) is 2.72. The maximum atomic E-state index is 11.9. The molecule has 16 heavy (non-hydrogen) atoms. The van der Waals surface area contributed by atoms with E-state index < -0.39 is 22.1 Å². The van der Waals surface area contributed by atoms with Gasteiger partial charge in [0.2, 0.25) is 10.0 Å². The fourth-order valence-electron chi connectivity index (χ4n) is 1.72. The summed E-state index contributed by atoms with van der Waals surface area (Å²) in [5.41, 5.74) is 0. The largest absolute Gasteiger partial charge is 0.479 e. The standard InChI is InChI=1S/C9H15NO5S/c11-9(12)8-5-10(3-4-15-8)16(13,14)6-7-1-2-7/h7-8H,1-6H2,(H,11,12). The highest BCUT2D eigenvalue weighted by Crippen LogP contribution is 2.31. The SMILES string of the molecule is O=C(O)C1CN(S(=O)(=O)CC2CC2)CCO1. The van der Waals surface area contributed by atoms with Gasteiger partial charge in [-0.2, -0.15) is 4.31 Å². The summed E-state index contributed by atoms with van der Waals surface area (Å²) < 4.78 is 30.0. The quantitative estimate of drug-likeness (QED) is 0.727. The number of carboxylic acid groups (broad SMARTS) is 1. The Morgan fingerprint density at radius 2 is 2.12 bits per heavy atom. The van der Waals surface area contributed by atoms with Crippen LogP contribution in [0.2, 0.25) is 0 Å². The molecular formula is C9H15NO5S. The molecule has 6 nitrogen and oxygen atoms in total. The Bertz CT molecular complexity index is 375. The van der Waals surface area contributed by atoms with Crippen molar-refractivity contribution in [2.24, 2.45) is 5.92 Å². The van der Waals surface area contributed by atoms with Crippen molar-refractivity contribution < 1.29 is 23.1 Å². The van der Waals surface area contributed by atoms with Crippen LogP contribution in [0.25, 0.3) is 0 Å². The van der Waals surface area contributed by atoms with Crippen LogP contribution in [0.5, 0.6) is 0 Å².